The molecule has 0 radical (unpaired) electrons. The van der Waals surface area contributed by atoms with Gasteiger partial charge in [0.25, 0.3) is 0 Å². The van der Waals surface area contributed by atoms with Gasteiger partial charge in [0, 0.05) is 26.7 Å². The molecule has 1 aromatic heterocycles. The minimum absolute atomic E-state index is 0. The van der Waals surface area contributed by atoms with E-state index in [1.54, 1.807) is 0 Å². The molecule has 7 heteroatoms. The van der Waals surface area contributed by atoms with Crippen molar-refractivity contribution in [2.24, 2.45) is 23.9 Å². The first-order chi connectivity index (χ1) is 11.5. The number of aryl methyl sites for hydroxylation is 1. The molecular formula is C18H35IN6. The molecule has 1 fully saturated rings. The van der Waals surface area contributed by atoms with E-state index in [0.29, 0.717) is 6.54 Å². The Morgan fingerprint density at radius 3 is 2.72 bits per heavy atom. The Labute approximate surface area is 169 Å². The zero-order valence-corrected chi connectivity index (χ0v) is 18.8. The van der Waals surface area contributed by atoms with Gasteiger partial charge in [0.1, 0.15) is 12.4 Å². The molecule has 0 spiro atoms. The van der Waals surface area contributed by atoms with E-state index in [9.17, 15) is 0 Å². The van der Waals surface area contributed by atoms with E-state index in [0.717, 1.165) is 49.1 Å². The first-order valence-electron chi connectivity index (χ1n) is 9.39. The summed E-state index contributed by atoms with van der Waals surface area (Å²) < 4.78 is 2.01. The van der Waals surface area contributed by atoms with Crippen LogP contribution in [0.4, 0.5) is 0 Å². The second kappa shape index (κ2) is 11.0. The van der Waals surface area contributed by atoms with Gasteiger partial charge < -0.3 is 14.8 Å². The summed E-state index contributed by atoms with van der Waals surface area (Å²) in [6.07, 6.45) is 4.95. The average molecular weight is 462 g/mol. The van der Waals surface area contributed by atoms with Crippen molar-refractivity contribution in [3.8, 4) is 0 Å². The highest BCUT2D eigenvalue weighted by Gasteiger charge is 2.25. The van der Waals surface area contributed by atoms with Gasteiger partial charge in [-0.2, -0.15) is 0 Å². The molecule has 0 amide bonds. The topological polar surface area (TPSA) is 58.3 Å². The smallest absolute Gasteiger partial charge is 0.194 e. The van der Waals surface area contributed by atoms with Gasteiger partial charge in [0.2, 0.25) is 0 Å². The van der Waals surface area contributed by atoms with Gasteiger partial charge in [-0.3, -0.25) is 0 Å². The van der Waals surface area contributed by atoms with Crippen molar-refractivity contribution < 1.29 is 0 Å². The second-order valence-corrected chi connectivity index (χ2v) is 7.37. The van der Waals surface area contributed by atoms with Gasteiger partial charge >= 0.3 is 0 Å². The number of aliphatic imine (C=N–C) groups is 1. The van der Waals surface area contributed by atoms with Crippen molar-refractivity contribution in [1.29, 1.82) is 0 Å². The minimum Gasteiger partial charge on any atom is -0.356 e. The predicted octanol–water partition coefficient (Wildman–Crippen LogP) is 3.36. The molecular weight excluding hydrogens is 427 g/mol. The molecule has 0 saturated carbocycles. The van der Waals surface area contributed by atoms with Crippen LogP contribution in [-0.4, -0.2) is 45.3 Å². The van der Waals surface area contributed by atoms with Crippen LogP contribution in [0, 0.1) is 18.8 Å². The zero-order chi connectivity index (χ0) is 17.5. The van der Waals surface area contributed by atoms with Crippen LogP contribution in [0.3, 0.4) is 0 Å². The highest BCUT2D eigenvalue weighted by atomic mass is 127. The van der Waals surface area contributed by atoms with E-state index in [-0.39, 0.29) is 24.0 Å². The van der Waals surface area contributed by atoms with Crippen molar-refractivity contribution in [1.82, 2.24) is 25.0 Å². The first kappa shape index (κ1) is 22.2. The number of halogens is 1. The summed E-state index contributed by atoms with van der Waals surface area (Å²) in [6.45, 7) is 12.6. The van der Waals surface area contributed by atoms with Crippen molar-refractivity contribution in [3.63, 3.8) is 0 Å². The summed E-state index contributed by atoms with van der Waals surface area (Å²) in [4.78, 5) is 7.27. The fourth-order valence-electron chi connectivity index (χ4n) is 3.26. The third kappa shape index (κ3) is 6.75. The molecule has 0 aromatic carbocycles. The van der Waals surface area contributed by atoms with Crippen LogP contribution >= 0.6 is 24.0 Å². The summed E-state index contributed by atoms with van der Waals surface area (Å²) in [7, 11) is 2.00. The lowest BCUT2D eigenvalue weighted by atomic mass is 9.97. The Bertz CT molecular complexity index is 540. The molecule has 2 rings (SSSR count). The number of rotatable bonds is 7. The fraction of sp³-hybridized carbons (Fsp3) is 0.833. The number of hydrogen-bond acceptors (Lipinski definition) is 3. The number of guanidine groups is 1. The lowest BCUT2D eigenvalue weighted by Crippen LogP contribution is -2.40. The number of likely N-dealkylation sites (tertiary alicyclic amines) is 1. The standard InChI is InChI=1S/C18H34N6.HI/c1-6-7-9-19-18(20-12-17-22-21-15(4)23(17)5)24-10-8-16(13-24)11-14(2)3;/h14,16H,6-13H2,1-5H3,(H,19,20);1H. The van der Waals surface area contributed by atoms with Crippen LogP contribution in [0.15, 0.2) is 4.99 Å². The van der Waals surface area contributed by atoms with Gasteiger partial charge in [0.05, 0.1) is 0 Å². The zero-order valence-electron chi connectivity index (χ0n) is 16.5. The second-order valence-electron chi connectivity index (χ2n) is 7.37. The average Bonchev–Trinajstić information content (AvgIpc) is 3.11. The molecule has 1 atom stereocenters. The Kier molecular flexibility index (Phi) is 9.74. The van der Waals surface area contributed by atoms with E-state index in [4.69, 9.17) is 4.99 Å². The minimum atomic E-state index is 0. The van der Waals surface area contributed by atoms with Crippen LogP contribution in [0.2, 0.25) is 0 Å². The van der Waals surface area contributed by atoms with Crippen molar-refractivity contribution >= 4 is 29.9 Å². The normalized spacial score (nSPS) is 17.9. The Morgan fingerprint density at radius 2 is 2.12 bits per heavy atom. The molecule has 6 nitrogen and oxygen atoms in total. The van der Waals surface area contributed by atoms with E-state index >= 15 is 0 Å². The quantitative estimate of drug-likeness (QED) is 0.292. The first-order valence-corrected chi connectivity index (χ1v) is 9.39. The monoisotopic (exact) mass is 462 g/mol. The van der Waals surface area contributed by atoms with Crippen LogP contribution in [0.25, 0.3) is 0 Å². The maximum absolute atomic E-state index is 4.84. The highest BCUT2D eigenvalue weighted by Crippen LogP contribution is 2.23. The van der Waals surface area contributed by atoms with Crippen molar-refractivity contribution in [2.45, 2.75) is 59.9 Å². The van der Waals surface area contributed by atoms with Crippen LogP contribution in [0.1, 0.15) is 58.1 Å². The molecule has 144 valence electrons. The summed E-state index contributed by atoms with van der Waals surface area (Å²) in [5.74, 6) is 4.44. The molecule has 25 heavy (non-hydrogen) atoms. The third-order valence-corrected chi connectivity index (χ3v) is 4.76. The van der Waals surface area contributed by atoms with Crippen molar-refractivity contribution in [2.75, 3.05) is 19.6 Å². The molecule has 1 saturated heterocycles. The molecule has 1 aliphatic rings. The van der Waals surface area contributed by atoms with Crippen LogP contribution in [-0.2, 0) is 13.6 Å². The van der Waals surface area contributed by atoms with E-state index in [1.165, 1.54) is 25.7 Å². The van der Waals surface area contributed by atoms with Gasteiger partial charge in [0.15, 0.2) is 11.8 Å². The lowest BCUT2D eigenvalue weighted by molar-refractivity contribution is 0.402. The van der Waals surface area contributed by atoms with Gasteiger partial charge in [-0.05, 0) is 38.0 Å². The summed E-state index contributed by atoms with van der Waals surface area (Å²) in [6, 6.07) is 0. The summed E-state index contributed by atoms with van der Waals surface area (Å²) >= 11 is 0. The molecule has 1 unspecified atom stereocenters. The number of nitrogens with one attached hydrogen (secondary N) is 1. The third-order valence-electron chi connectivity index (χ3n) is 4.76. The number of nitrogens with zero attached hydrogens (tertiary/aromatic N) is 5. The Hall–Kier alpha value is -0.860. The summed E-state index contributed by atoms with van der Waals surface area (Å²) in [5.41, 5.74) is 0. The number of unbranched alkanes of at least 4 members (excludes halogenated alkanes) is 1. The van der Waals surface area contributed by atoms with Crippen LogP contribution < -0.4 is 5.32 Å². The SMILES string of the molecule is CCCCNC(=NCc1nnc(C)n1C)N1CCC(CC(C)C)C1.I. The van der Waals surface area contributed by atoms with Gasteiger partial charge in [-0.25, -0.2) is 4.99 Å². The van der Waals surface area contributed by atoms with Crippen LogP contribution in [0.5, 0.6) is 0 Å². The Morgan fingerprint density at radius 1 is 1.36 bits per heavy atom. The maximum Gasteiger partial charge on any atom is 0.194 e. The Balaban J connectivity index is 0.00000312. The lowest BCUT2D eigenvalue weighted by Gasteiger charge is -2.22. The molecule has 2 heterocycles. The van der Waals surface area contributed by atoms with Crippen molar-refractivity contribution in [3.05, 3.63) is 11.6 Å². The predicted molar refractivity (Wildman–Crippen MR) is 114 cm³/mol. The number of aromatic nitrogens is 3. The molecule has 0 aliphatic carbocycles. The summed E-state index contributed by atoms with van der Waals surface area (Å²) in [5, 5.41) is 11.9. The maximum atomic E-state index is 4.84. The highest BCUT2D eigenvalue weighted by molar-refractivity contribution is 14.0. The van der Waals surface area contributed by atoms with Gasteiger partial charge in [-0.1, -0.05) is 27.2 Å². The molecule has 1 aliphatic heterocycles. The fourth-order valence-corrected chi connectivity index (χ4v) is 3.26. The molecule has 1 N–H and O–H groups in total. The van der Waals surface area contributed by atoms with Gasteiger partial charge in [-0.15, -0.1) is 34.2 Å². The largest absolute Gasteiger partial charge is 0.356 e. The number of hydrogen-bond donors (Lipinski definition) is 1. The molecule has 1 aromatic rings. The van der Waals surface area contributed by atoms with E-state index in [1.807, 2.05) is 18.5 Å². The van der Waals surface area contributed by atoms with E-state index in [2.05, 4.69) is 41.2 Å². The molecule has 0 bridgehead atoms. The van der Waals surface area contributed by atoms with E-state index < -0.39 is 0 Å².